The lowest BCUT2D eigenvalue weighted by Gasteiger charge is -2.33. The second-order valence-electron chi connectivity index (χ2n) is 13.4. The number of ether oxygens (including phenoxy) is 2. The monoisotopic (exact) mass is 623 g/mol. The van der Waals surface area contributed by atoms with Gasteiger partial charge >= 0.3 is 5.97 Å². The average molecular weight is 624 g/mol. The van der Waals surface area contributed by atoms with E-state index in [9.17, 15) is 9.90 Å². The predicted molar refractivity (Wildman–Crippen MR) is 179 cm³/mol. The zero-order chi connectivity index (χ0) is 31.8. The highest BCUT2D eigenvalue weighted by Gasteiger charge is 2.38. The molecule has 3 aliphatic rings. The summed E-state index contributed by atoms with van der Waals surface area (Å²) in [5.41, 5.74) is 9.67. The molecule has 46 heavy (non-hydrogen) atoms. The molecule has 3 heterocycles. The van der Waals surface area contributed by atoms with Crippen molar-refractivity contribution < 1.29 is 23.8 Å². The number of hydrogen-bond donors (Lipinski definition) is 1. The SMILES string of the molecule is COc1cc2oc(-c3cccc(-c4cccc(CC5CC5CN5CCOCC5)c4C)c3C)nc2cc1CN1CCCCC1C(=O)O. The van der Waals surface area contributed by atoms with Crippen LogP contribution in [0.15, 0.2) is 52.9 Å². The van der Waals surface area contributed by atoms with Crippen LogP contribution in [0.4, 0.5) is 0 Å². The zero-order valence-electron chi connectivity index (χ0n) is 27.3. The van der Waals surface area contributed by atoms with Gasteiger partial charge in [0.2, 0.25) is 5.89 Å². The maximum absolute atomic E-state index is 11.9. The summed E-state index contributed by atoms with van der Waals surface area (Å²) >= 11 is 0. The van der Waals surface area contributed by atoms with Crippen molar-refractivity contribution in [1.82, 2.24) is 14.8 Å². The molecule has 8 heteroatoms. The summed E-state index contributed by atoms with van der Waals surface area (Å²) in [5.74, 6) is 2.05. The van der Waals surface area contributed by atoms with Gasteiger partial charge in [0.05, 0.1) is 20.3 Å². The molecule has 7 rings (SSSR count). The number of fused-ring (bicyclic) bond motifs is 1. The van der Waals surface area contributed by atoms with E-state index in [4.69, 9.17) is 18.9 Å². The molecule has 242 valence electrons. The van der Waals surface area contributed by atoms with Crippen LogP contribution in [-0.4, -0.2) is 78.4 Å². The maximum Gasteiger partial charge on any atom is 0.320 e. The van der Waals surface area contributed by atoms with Gasteiger partial charge in [-0.3, -0.25) is 14.6 Å². The molecule has 0 radical (unpaired) electrons. The molecule has 2 aliphatic heterocycles. The largest absolute Gasteiger partial charge is 0.496 e. The Balaban J connectivity index is 1.13. The fourth-order valence-electron chi connectivity index (χ4n) is 7.64. The Hall–Kier alpha value is -3.72. The van der Waals surface area contributed by atoms with E-state index in [1.165, 1.54) is 35.2 Å². The van der Waals surface area contributed by atoms with E-state index in [2.05, 4.69) is 55.1 Å². The van der Waals surface area contributed by atoms with Gasteiger partial charge in [0, 0.05) is 43.4 Å². The van der Waals surface area contributed by atoms with Gasteiger partial charge in [-0.2, -0.15) is 0 Å². The summed E-state index contributed by atoms with van der Waals surface area (Å²) in [4.78, 5) is 21.4. The van der Waals surface area contributed by atoms with Crippen molar-refractivity contribution in [3.8, 4) is 28.3 Å². The Bertz CT molecular complexity index is 1730. The summed E-state index contributed by atoms with van der Waals surface area (Å²) in [6.07, 6.45) is 5.05. The molecule has 1 N–H and O–H groups in total. The molecule has 2 saturated heterocycles. The fraction of sp³-hybridized carbons (Fsp3) is 0.474. The summed E-state index contributed by atoms with van der Waals surface area (Å²) < 4.78 is 17.6. The van der Waals surface area contributed by atoms with Gasteiger partial charge in [0.1, 0.15) is 17.3 Å². The van der Waals surface area contributed by atoms with Gasteiger partial charge in [0.25, 0.3) is 0 Å². The number of carboxylic acid groups (broad SMARTS) is 1. The quantitative estimate of drug-likeness (QED) is 0.208. The number of nitrogens with zero attached hydrogens (tertiary/aromatic N) is 3. The highest BCUT2D eigenvalue weighted by atomic mass is 16.5. The first-order valence-electron chi connectivity index (χ1n) is 16.8. The van der Waals surface area contributed by atoms with Crippen LogP contribution in [0.3, 0.4) is 0 Å². The van der Waals surface area contributed by atoms with Crippen LogP contribution in [0.25, 0.3) is 33.7 Å². The van der Waals surface area contributed by atoms with Crippen molar-refractivity contribution in [2.45, 2.75) is 58.5 Å². The first-order valence-corrected chi connectivity index (χ1v) is 16.8. The van der Waals surface area contributed by atoms with Crippen LogP contribution >= 0.6 is 0 Å². The lowest BCUT2D eigenvalue weighted by atomic mass is 9.90. The lowest BCUT2D eigenvalue weighted by Crippen LogP contribution is -2.44. The van der Waals surface area contributed by atoms with Crippen LogP contribution in [0.2, 0.25) is 0 Å². The molecular formula is C38H45N3O5. The van der Waals surface area contributed by atoms with Gasteiger partial charge in [0.15, 0.2) is 5.58 Å². The first kappa shape index (κ1) is 30.9. The van der Waals surface area contributed by atoms with Crippen molar-refractivity contribution in [3.05, 3.63) is 70.8 Å². The minimum Gasteiger partial charge on any atom is -0.496 e. The summed E-state index contributed by atoms with van der Waals surface area (Å²) in [6.45, 7) is 10.7. The number of aromatic nitrogens is 1. The third kappa shape index (κ3) is 6.31. The number of oxazole rings is 1. The van der Waals surface area contributed by atoms with Crippen molar-refractivity contribution in [3.63, 3.8) is 0 Å². The second-order valence-corrected chi connectivity index (χ2v) is 13.4. The highest BCUT2D eigenvalue weighted by Crippen LogP contribution is 2.43. The number of rotatable bonds is 10. The normalized spacial score (nSPS) is 22.3. The van der Waals surface area contributed by atoms with Crippen LogP contribution in [0.1, 0.15) is 47.9 Å². The second kappa shape index (κ2) is 13.2. The molecule has 0 spiro atoms. The topological polar surface area (TPSA) is 88.3 Å². The predicted octanol–water partition coefficient (Wildman–Crippen LogP) is 6.74. The molecule has 4 aromatic rings. The summed E-state index contributed by atoms with van der Waals surface area (Å²) in [6, 6.07) is 16.5. The van der Waals surface area contributed by atoms with Gasteiger partial charge in [-0.15, -0.1) is 0 Å². The molecule has 3 atom stereocenters. The number of aliphatic carboxylic acids is 1. The van der Waals surface area contributed by atoms with Crippen LogP contribution in [0, 0.1) is 25.7 Å². The number of hydrogen-bond acceptors (Lipinski definition) is 7. The molecule has 1 aliphatic carbocycles. The van der Waals surface area contributed by atoms with E-state index in [0.717, 1.165) is 86.2 Å². The van der Waals surface area contributed by atoms with E-state index >= 15 is 0 Å². The molecule has 3 fully saturated rings. The molecule has 0 amide bonds. The number of benzene rings is 3. The van der Waals surface area contributed by atoms with Crippen LogP contribution < -0.4 is 4.74 Å². The third-order valence-corrected chi connectivity index (χ3v) is 10.5. The van der Waals surface area contributed by atoms with E-state index in [1.54, 1.807) is 7.11 Å². The molecule has 0 bridgehead atoms. The smallest absolute Gasteiger partial charge is 0.320 e. The molecule has 8 nitrogen and oxygen atoms in total. The van der Waals surface area contributed by atoms with Crippen molar-refractivity contribution >= 4 is 17.1 Å². The number of likely N-dealkylation sites (tertiary alicyclic amines) is 1. The van der Waals surface area contributed by atoms with Gasteiger partial charge in [-0.1, -0.05) is 36.8 Å². The number of methoxy groups -OCH3 is 1. The summed E-state index contributed by atoms with van der Waals surface area (Å²) in [5, 5.41) is 9.78. The van der Waals surface area contributed by atoms with Crippen LogP contribution in [-0.2, 0) is 22.5 Å². The standard InChI is InChI=1S/C38H45N3O5/c1-24-26(18-27-19-28(27)22-40-14-16-45-17-15-40)8-6-9-30(24)31-10-7-11-32(25(31)2)37-39-33-20-29(35(44-3)21-36(33)46-37)23-41-13-5-4-12-34(41)38(42)43/h6-11,20-21,27-28,34H,4-5,12-19,22-23H2,1-3H3,(H,42,43). The summed E-state index contributed by atoms with van der Waals surface area (Å²) in [7, 11) is 1.64. The average Bonchev–Trinajstić information content (AvgIpc) is 3.65. The molecule has 3 unspecified atom stereocenters. The third-order valence-electron chi connectivity index (χ3n) is 10.5. The Kier molecular flexibility index (Phi) is 8.86. The fourth-order valence-corrected chi connectivity index (χ4v) is 7.64. The highest BCUT2D eigenvalue weighted by molar-refractivity contribution is 5.82. The first-order chi connectivity index (χ1) is 22.4. The number of morpholine rings is 1. The minimum absolute atomic E-state index is 0.477. The maximum atomic E-state index is 11.9. The molecular weight excluding hydrogens is 578 g/mol. The van der Waals surface area contributed by atoms with Crippen molar-refractivity contribution in [1.29, 1.82) is 0 Å². The van der Waals surface area contributed by atoms with E-state index in [1.807, 2.05) is 17.0 Å². The lowest BCUT2D eigenvalue weighted by molar-refractivity contribution is -0.144. The molecule has 1 aromatic heterocycles. The number of piperidine rings is 1. The Morgan fingerprint density at radius 1 is 0.957 bits per heavy atom. The molecule has 1 saturated carbocycles. The molecule has 3 aromatic carbocycles. The number of carboxylic acids is 1. The van der Waals surface area contributed by atoms with Gasteiger partial charge in [-0.25, -0.2) is 4.98 Å². The van der Waals surface area contributed by atoms with E-state index in [-0.39, 0.29) is 0 Å². The van der Waals surface area contributed by atoms with E-state index in [0.29, 0.717) is 30.2 Å². The Morgan fingerprint density at radius 3 is 2.50 bits per heavy atom. The Morgan fingerprint density at radius 2 is 1.72 bits per heavy atom. The van der Waals surface area contributed by atoms with Crippen LogP contribution in [0.5, 0.6) is 5.75 Å². The van der Waals surface area contributed by atoms with Crippen molar-refractivity contribution in [2.24, 2.45) is 11.8 Å². The van der Waals surface area contributed by atoms with E-state index < -0.39 is 12.0 Å². The Labute approximate surface area is 271 Å². The number of carbonyl (C=O) groups is 1. The van der Waals surface area contributed by atoms with Gasteiger partial charge in [-0.05, 0) is 97.9 Å². The van der Waals surface area contributed by atoms with Crippen molar-refractivity contribution in [2.75, 3.05) is 46.5 Å². The zero-order valence-corrected chi connectivity index (χ0v) is 27.3. The minimum atomic E-state index is -0.764. The van der Waals surface area contributed by atoms with Gasteiger partial charge < -0.3 is 19.0 Å².